The summed E-state index contributed by atoms with van der Waals surface area (Å²) in [5.74, 6) is 0.516. The number of hydrogen-bond acceptors (Lipinski definition) is 3. The molecular weight excluding hydrogens is 240 g/mol. The zero-order valence-corrected chi connectivity index (χ0v) is 12.2. The van der Waals surface area contributed by atoms with Gasteiger partial charge in [0.25, 0.3) is 5.91 Å². The highest BCUT2D eigenvalue weighted by Gasteiger charge is 2.22. The van der Waals surface area contributed by atoms with Gasteiger partial charge in [-0.05, 0) is 38.8 Å². The molecule has 0 aromatic heterocycles. The molecule has 4 nitrogen and oxygen atoms in total. The molecule has 1 aromatic carbocycles. The molecule has 4 heteroatoms. The largest absolute Gasteiger partial charge is 0.494 e. The lowest BCUT2D eigenvalue weighted by atomic mass is 9.95. The Morgan fingerprint density at radius 3 is 2.42 bits per heavy atom. The molecule has 1 aromatic rings. The molecule has 0 atom stereocenters. The van der Waals surface area contributed by atoms with E-state index < -0.39 is 0 Å². The van der Waals surface area contributed by atoms with E-state index in [2.05, 4.69) is 19.2 Å². The van der Waals surface area contributed by atoms with E-state index in [1.165, 1.54) is 0 Å². The Labute approximate surface area is 115 Å². The molecule has 0 unspecified atom stereocenters. The van der Waals surface area contributed by atoms with Gasteiger partial charge in [-0.15, -0.1) is 0 Å². The van der Waals surface area contributed by atoms with E-state index in [4.69, 9.17) is 10.5 Å². The molecule has 0 fully saturated rings. The Morgan fingerprint density at radius 2 is 1.89 bits per heavy atom. The summed E-state index contributed by atoms with van der Waals surface area (Å²) < 4.78 is 5.40. The Kier molecular flexibility index (Phi) is 5.21. The van der Waals surface area contributed by atoms with Crippen molar-refractivity contribution in [2.24, 2.45) is 0 Å². The van der Waals surface area contributed by atoms with Crippen LogP contribution in [0.15, 0.2) is 18.2 Å². The molecule has 0 aliphatic carbocycles. The molecule has 0 bridgehead atoms. The van der Waals surface area contributed by atoms with Crippen molar-refractivity contribution < 1.29 is 9.53 Å². The molecule has 0 heterocycles. The summed E-state index contributed by atoms with van der Waals surface area (Å²) >= 11 is 0. The lowest BCUT2D eigenvalue weighted by molar-refractivity contribution is 0.0900. The van der Waals surface area contributed by atoms with Crippen LogP contribution in [-0.4, -0.2) is 18.1 Å². The molecule has 3 N–H and O–H groups in total. The molecule has 0 aliphatic rings. The second-order valence-electron chi connectivity index (χ2n) is 4.95. The first-order chi connectivity index (χ1) is 8.94. The third-order valence-corrected chi connectivity index (χ3v) is 3.48. The number of nitrogens with one attached hydrogen (secondary N) is 1. The molecule has 0 radical (unpaired) electrons. The quantitative estimate of drug-likeness (QED) is 0.776. The van der Waals surface area contributed by atoms with Crippen LogP contribution in [0.2, 0.25) is 0 Å². The first-order valence-electron chi connectivity index (χ1n) is 6.80. The molecule has 106 valence electrons. The van der Waals surface area contributed by atoms with E-state index in [0.29, 0.717) is 23.6 Å². The maximum absolute atomic E-state index is 12.3. The summed E-state index contributed by atoms with van der Waals surface area (Å²) in [5, 5.41) is 3.06. The van der Waals surface area contributed by atoms with Crippen molar-refractivity contribution in [3.63, 3.8) is 0 Å². The normalized spacial score (nSPS) is 11.2. The van der Waals surface area contributed by atoms with E-state index in [9.17, 15) is 4.79 Å². The summed E-state index contributed by atoms with van der Waals surface area (Å²) in [6.07, 6.45) is 1.77. The number of hydrogen-bond donors (Lipinski definition) is 2. The minimum absolute atomic E-state index is 0.112. The van der Waals surface area contributed by atoms with E-state index >= 15 is 0 Å². The number of nitrogens with two attached hydrogens (primary N) is 1. The molecule has 0 aliphatic heterocycles. The van der Waals surface area contributed by atoms with Gasteiger partial charge in [-0.3, -0.25) is 4.79 Å². The minimum atomic E-state index is -0.187. The molecule has 0 spiro atoms. The smallest absolute Gasteiger partial charge is 0.251 e. The third kappa shape index (κ3) is 4.16. The minimum Gasteiger partial charge on any atom is -0.494 e. The summed E-state index contributed by atoms with van der Waals surface area (Å²) in [7, 11) is 0. The maximum atomic E-state index is 12.3. The van der Waals surface area contributed by atoms with Crippen LogP contribution in [0, 0.1) is 0 Å². The standard InChI is InChI=1S/C15H24N2O2/c1-5-15(4,6-2)17-14(18)11-8-12(16)10-13(9-11)19-7-3/h8-10H,5-7,16H2,1-4H3,(H,17,18). The fourth-order valence-corrected chi connectivity index (χ4v) is 1.78. The van der Waals surface area contributed by atoms with E-state index in [0.717, 1.165) is 12.8 Å². The molecule has 0 saturated carbocycles. The van der Waals surface area contributed by atoms with Crippen molar-refractivity contribution in [2.75, 3.05) is 12.3 Å². The van der Waals surface area contributed by atoms with Crippen molar-refractivity contribution >= 4 is 11.6 Å². The van der Waals surface area contributed by atoms with Crippen LogP contribution >= 0.6 is 0 Å². The molecular formula is C15H24N2O2. The van der Waals surface area contributed by atoms with Gasteiger partial charge in [0.15, 0.2) is 0 Å². The fourth-order valence-electron chi connectivity index (χ4n) is 1.78. The summed E-state index contributed by atoms with van der Waals surface area (Å²) in [6, 6.07) is 5.11. The zero-order valence-electron chi connectivity index (χ0n) is 12.2. The van der Waals surface area contributed by atoms with Crippen LogP contribution in [0.4, 0.5) is 5.69 Å². The number of ether oxygens (including phenoxy) is 1. The van der Waals surface area contributed by atoms with Gasteiger partial charge in [0.2, 0.25) is 0 Å². The highest BCUT2D eigenvalue weighted by atomic mass is 16.5. The van der Waals surface area contributed by atoms with Crippen LogP contribution in [-0.2, 0) is 0 Å². The number of nitrogen functional groups attached to an aromatic ring is 1. The summed E-state index contributed by atoms with van der Waals surface area (Å²) in [5.41, 5.74) is 6.68. The second-order valence-corrected chi connectivity index (χ2v) is 4.95. The SMILES string of the molecule is CCOc1cc(N)cc(C(=O)NC(C)(CC)CC)c1. The monoisotopic (exact) mass is 264 g/mol. The highest BCUT2D eigenvalue weighted by Crippen LogP contribution is 2.21. The topological polar surface area (TPSA) is 64.3 Å². The first-order valence-corrected chi connectivity index (χ1v) is 6.80. The van der Waals surface area contributed by atoms with Crippen LogP contribution in [0.3, 0.4) is 0 Å². The van der Waals surface area contributed by atoms with Crippen molar-refractivity contribution in [2.45, 2.75) is 46.1 Å². The Morgan fingerprint density at radius 1 is 1.26 bits per heavy atom. The van der Waals surface area contributed by atoms with Crippen LogP contribution in [0.5, 0.6) is 5.75 Å². The van der Waals surface area contributed by atoms with Gasteiger partial charge in [0.1, 0.15) is 5.75 Å². The lowest BCUT2D eigenvalue weighted by Gasteiger charge is -2.28. The maximum Gasteiger partial charge on any atom is 0.251 e. The Balaban J connectivity index is 2.93. The molecule has 19 heavy (non-hydrogen) atoms. The van der Waals surface area contributed by atoms with Gasteiger partial charge < -0.3 is 15.8 Å². The third-order valence-electron chi connectivity index (χ3n) is 3.48. The fraction of sp³-hybridized carbons (Fsp3) is 0.533. The molecule has 1 rings (SSSR count). The van der Waals surface area contributed by atoms with Gasteiger partial charge in [0, 0.05) is 22.9 Å². The van der Waals surface area contributed by atoms with E-state index in [-0.39, 0.29) is 11.4 Å². The highest BCUT2D eigenvalue weighted by molar-refractivity contribution is 5.96. The second kappa shape index (κ2) is 6.45. The molecule has 0 saturated heterocycles. The van der Waals surface area contributed by atoms with Crippen molar-refractivity contribution in [1.29, 1.82) is 0 Å². The van der Waals surface area contributed by atoms with Gasteiger partial charge >= 0.3 is 0 Å². The van der Waals surface area contributed by atoms with Gasteiger partial charge in [0.05, 0.1) is 6.61 Å². The number of carbonyl (C=O) groups excluding carboxylic acids is 1. The van der Waals surface area contributed by atoms with Crippen molar-refractivity contribution in [3.8, 4) is 5.75 Å². The number of anilines is 1. The van der Waals surface area contributed by atoms with E-state index in [1.807, 2.05) is 13.8 Å². The van der Waals surface area contributed by atoms with Crippen molar-refractivity contribution in [3.05, 3.63) is 23.8 Å². The Hall–Kier alpha value is -1.71. The van der Waals surface area contributed by atoms with Gasteiger partial charge in [-0.1, -0.05) is 13.8 Å². The number of benzene rings is 1. The lowest BCUT2D eigenvalue weighted by Crippen LogP contribution is -2.44. The first kappa shape index (κ1) is 15.3. The summed E-state index contributed by atoms with van der Waals surface area (Å²) in [6.45, 7) is 8.62. The predicted molar refractivity (Wildman–Crippen MR) is 78.5 cm³/mol. The van der Waals surface area contributed by atoms with E-state index in [1.54, 1.807) is 18.2 Å². The Bertz CT molecular complexity index is 440. The van der Waals surface area contributed by atoms with Crippen LogP contribution < -0.4 is 15.8 Å². The zero-order chi connectivity index (χ0) is 14.5. The van der Waals surface area contributed by atoms with Gasteiger partial charge in [-0.2, -0.15) is 0 Å². The predicted octanol–water partition coefficient (Wildman–Crippen LogP) is 2.98. The molecule has 1 amide bonds. The van der Waals surface area contributed by atoms with Crippen molar-refractivity contribution in [1.82, 2.24) is 5.32 Å². The van der Waals surface area contributed by atoms with Gasteiger partial charge in [-0.25, -0.2) is 0 Å². The number of amides is 1. The number of carbonyl (C=O) groups is 1. The average Bonchev–Trinajstić information content (AvgIpc) is 2.38. The number of rotatable bonds is 6. The van der Waals surface area contributed by atoms with Crippen LogP contribution in [0.1, 0.15) is 50.9 Å². The average molecular weight is 264 g/mol. The van der Waals surface area contributed by atoms with Crippen LogP contribution in [0.25, 0.3) is 0 Å². The summed E-state index contributed by atoms with van der Waals surface area (Å²) in [4.78, 5) is 12.3.